The number of anilines is 1. The highest BCUT2D eigenvalue weighted by Crippen LogP contribution is 2.23. The average molecular weight is 400 g/mol. The number of benzene rings is 3. The van der Waals surface area contributed by atoms with E-state index < -0.39 is 5.91 Å². The molecule has 30 heavy (non-hydrogen) atoms. The summed E-state index contributed by atoms with van der Waals surface area (Å²) in [4.78, 5) is 12.7. The number of carbonyl (C=O) groups is 1. The van der Waals surface area contributed by atoms with Crippen molar-refractivity contribution in [3.63, 3.8) is 0 Å². The first-order valence-corrected chi connectivity index (χ1v) is 9.43. The van der Waals surface area contributed by atoms with Crippen LogP contribution in [0.2, 0.25) is 0 Å². The van der Waals surface area contributed by atoms with Crippen LogP contribution in [0.4, 0.5) is 10.1 Å². The first-order valence-electron chi connectivity index (χ1n) is 9.43. The van der Waals surface area contributed by atoms with E-state index in [4.69, 9.17) is 4.74 Å². The van der Waals surface area contributed by atoms with Gasteiger partial charge in [-0.2, -0.15) is 5.26 Å². The normalized spacial score (nSPS) is 10.9. The molecule has 4 nitrogen and oxygen atoms in total. The summed E-state index contributed by atoms with van der Waals surface area (Å²) in [6.07, 6.45) is 1.49. The molecule has 5 heteroatoms. The summed E-state index contributed by atoms with van der Waals surface area (Å²) >= 11 is 0. The fraction of sp³-hybridized carbons (Fsp3) is 0.120. The molecule has 3 aromatic carbocycles. The van der Waals surface area contributed by atoms with Gasteiger partial charge in [-0.25, -0.2) is 4.39 Å². The van der Waals surface area contributed by atoms with E-state index in [1.165, 1.54) is 18.2 Å². The molecule has 0 radical (unpaired) electrons. The van der Waals surface area contributed by atoms with Gasteiger partial charge in [-0.15, -0.1) is 0 Å². The quantitative estimate of drug-likeness (QED) is 0.435. The Hall–Kier alpha value is -3.91. The summed E-state index contributed by atoms with van der Waals surface area (Å²) in [7, 11) is 0. The number of amides is 1. The Kier molecular flexibility index (Phi) is 6.61. The summed E-state index contributed by atoms with van der Waals surface area (Å²) in [5.74, 6) is -0.334. The van der Waals surface area contributed by atoms with Gasteiger partial charge in [0, 0.05) is 11.3 Å². The summed E-state index contributed by atoms with van der Waals surface area (Å²) in [6, 6.07) is 20.9. The smallest absolute Gasteiger partial charge is 0.266 e. The lowest BCUT2D eigenvalue weighted by Crippen LogP contribution is -2.14. The third-order valence-corrected chi connectivity index (χ3v) is 4.51. The van der Waals surface area contributed by atoms with Crippen LogP contribution in [0, 0.1) is 31.0 Å². The van der Waals surface area contributed by atoms with Crippen molar-refractivity contribution in [3.8, 4) is 11.8 Å². The predicted molar refractivity (Wildman–Crippen MR) is 115 cm³/mol. The molecule has 3 aromatic rings. The molecule has 0 fully saturated rings. The van der Waals surface area contributed by atoms with Crippen LogP contribution in [0.25, 0.3) is 6.08 Å². The minimum Gasteiger partial charge on any atom is -0.488 e. The van der Waals surface area contributed by atoms with Crippen molar-refractivity contribution in [2.45, 2.75) is 20.5 Å². The second kappa shape index (κ2) is 9.53. The molecule has 0 aliphatic rings. The fourth-order valence-corrected chi connectivity index (χ4v) is 2.88. The van der Waals surface area contributed by atoms with Crippen molar-refractivity contribution in [3.05, 3.63) is 100 Å². The molecule has 1 amide bonds. The molecule has 0 aliphatic carbocycles. The second-order valence-corrected chi connectivity index (χ2v) is 6.90. The molecule has 0 aliphatic heterocycles. The first-order chi connectivity index (χ1) is 14.5. The van der Waals surface area contributed by atoms with Crippen LogP contribution < -0.4 is 10.1 Å². The summed E-state index contributed by atoms with van der Waals surface area (Å²) in [5.41, 5.74) is 3.80. The number of aryl methyl sites for hydroxylation is 2. The lowest BCUT2D eigenvalue weighted by molar-refractivity contribution is -0.112. The van der Waals surface area contributed by atoms with Gasteiger partial charge in [0.2, 0.25) is 0 Å². The van der Waals surface area contributed by atoms with Gasteiger partial charge in [-0.1, -0.05) is 42.5 Å². The zero-order valence-electron chi connectivity index (χ0n) is 16.8. The van der Waals surface area contributed by atoms with Crippen LogP contribution in [0.15, 0.2) is 72.3 Å². The van der Waals surface area contributed by atoms with Crippen molar-refractivity contribution in [2.75, 3.05) is 5.32 Å². The highest BCUT2D eigenvalue weighted by molar-refractivity contribution is 6.10. The number of nitrogens with one attached hydrogen (secondary N) is 1. The molecule has 0 atom stereocenters. The number of ether oxygens (including phenoxy) is 1. The average Bonchev–Trinajstić information content (AvgIpc) is 2.73. The van der Waals surface area contributed by atoms with Gasteiger partial charge in [0.1, 0.15) is 29.8 Å². The number of hydrogen-bond acceptors (Lipinski definition) is 3. The van der Waals surface area contributed by atoms with E-state index in [1.54, 1.807) is 36.4 Å². The topological polar surface area (TPSA) is 62.1 Å². The molecule has 1 N–H and O–H groups in total. The number of nitrogens with zero attached hydrogens (tertiary/aromatic N) is 1. The van der Waals surface area contributed by atoms with Gasteiger partial charge in [0.25, 0.3) is 5.91 Å². The van der Waals surface area contributed by atoms with Crippen molar-refractivity contribution in [1.29, 1.82) is 5.26 Å². The van der Waals surface area contributed by atoms with Crippen LogP contribution in [0.1, 0.15) is 22.3 Å². The van der Waals surface area contributed by atoms with E-state index in [-0.39, 0.29) is 18.0 Å². The molecular formula is C25H21FN2O2. The maximum absolute atomic E-state index is 13.4. The maximum atomic E-state index is 13.4. The van der Waals surface area contributed by atoms with Crippen molar-refractivity contribution >= 4 is 17.7 Å². The number of halogens is 1. The van der Waals surface area contributed by atoms with E-state index in [2.05, 4.69) is 5.32 Å². The largest absolute Gasteiger partial charge is 0.488 e. The lowest BCUT2D eigenvalue weighted by Gasteiger charge is -2.11. The third-order valence-electron chi connectivity index (χ3n) is 4.51. The molecule has 150 valence electrons. The highest BCUT2D eigenvalue weighted by Gasteiger charge is 2.13. The molecule has 0 heterocycles. The zero-order chi connectivity index (χ0) is 21.5. The van der Waals surface area contributed by atoms with Gasteiger partial charge < -0.3 is 10.1 Å². The molecule has 0 aromatic heterocycles. The molecule has 0 unspecified atom stereocenters. The Morgan fingerprint density at radius 1 is 1.10 bits per heavy atom. The molecule has 0 bridgehead atoms. The van der Waals surface area contributed by atoms with Gasteiger partial charge in [0.05, 0.1) is 0 Å². The number of rotatable bonds is 6. The Labute approximate surface area is 175 Å². The van der Waals surface area contributed by atoms with Crippen LogP contribution in [0.3, 0.4) is 0 Å². The SMILES string of the molecule is Cc1ccc(C)c(NC(=O)/C(C#N)=C/c2ccccc2OCc2cccc(F)c2)c1. The Morgan fingerprint density at radius 2 is 1.90 bits per heavy atom. The van der Waals surface area contributed by atoms with Crippen molar-refractivity contribution in [2.24, 2.45) is 0 Å². The number of hydrogen-bond donors (Lipinski definition) is 1. The third kappa shape index (κ3) is 5.33. The molecule has 3 rings (SSSR count). The van der Waals surface area contributed by atoms with E-state index >= 15 is 0 Å². The summed E-state index contributed by atoms with van der Waals surface area (Å²) in [5, 5.41) is 12.3. The predicted octanol–water partition coefficient (Wildman–Crippen LogP) is 5.57. The molecule has 0 spiro atoms. The Balaban J connectivity index is 1.81. The molecular weight excluding hydrogens is 379 g/mol. The van der Waals surface area contributed by atoms with Gasteiger partial charge in [-0.3, -0.25) is 4.79 Å². The Bertz CT molecular complexity index is 1150. The number of para-hydroxylation sites is 1. The van der Waals surface area contributed by atoms with Crippen LogP contribution in [-0.4, -0.2) is 5.91 Å². The first kappa shape index (κ1) is 20.8. The van der Waals surface area contributed by atoms with Crippen LogP contribution >= 0.6 is 0 Å². The number of nitriles is 1. The Morgan fingerprint density at radius 3 is 2.67 bits per heavy atom. The van der Waals surface area contributed by atoms with Crippen LogP contribution in [-0.2, 0) is 11.4 Å². The number of carbonyl (C=O) groups excluding carboxylic acids is 1. The van der Waals surface area contributed by atoms with Gasteiger partial charge in [-0.05, 0) is 60.9 Å². The van der Waals surface area contributed by atoms with E-state index in [0.717, 1.165) is 11.1 Å². The minimum absolute atomic E-state index is 0.0438. The van der Waals surface area contributed by atoms with Gasteiger partial charge in [0.15, 0.2) is 0 Å². The van der Waals surface area contributed by atoms with Crippen molar-refractivity contribution in [1.82, 2.24) is 0 Å². The standard InChI is InChI=1S/C25H21FN2O2/c1-17-10-11-18(2)23(12-17)28-25(29)21(15-27)14-20-7-3-4-9-24(20)30-16-19-6-5-8-22(26)13-19/h3-14H,16H2,1-2H3,(H,28,29)/b21-14+. The maximum Gasteiger partial charge on any atom is 0.266 e. The van der Waals surface area contributed by atoms with E-state index in [1.807, 2.05) is 38.1 Å². The fourth-order valence-electron chi connectivity index (χ4n) is 2.88. The van der Waals surface area contributed by atoms with E-state index in [9.17, 15) is 14.4 Å². The second-order valence-electron chi connectivity index (χ2n) is 6.90. The van der Waals surface area contributed by atoms with Gasteiger partial charge >= 0.3 is 0 Å². The molecule has 0 saturated carbocycles. The summed E-state index contributed by atoms with van der Waals surface area (Å²) in [6.45, 7) is 3.99. The van der Waals surface area contributed by atoms with Crippen LogP contribution in [0.5, 0.6) is 5.75 Å². The van der Waals surface area contributed by atoms with Crippen molar-refractivity contribution < 1.29 is 13.9 Å². The molecule has 0 saturated heterocycles. The zero-order valence-corrected chi connectivity index (χ0v) is 16.8. The highest BCUT2D eigenvalue weighted by atomic mass is 19.1. The summed E-state index contributed by atoms with van der Waals surface area (Å²) < 4.78 is 19.2. The minimum atomic E-state index is -0.494. The van der Waals surface area contributed by atoms with E-state index in [0.29, 0.717) is 22.6 Å². The monoisotopic (exact) mass is 400 g/mol. The lowest BCUT2D eigenvalue weighted by atomic mass is 10.1.